The van der Waals surface area contributed by atoms with E-state index in [1.807, 2.05) is 0 Å². The fraction of sp³-hybridized carbons (Fsp3) is 0.455. The van der Waals surface area contributed by atoms with E-state index in [1.165, 1.54) is 12.1 Å². The van der Waals surface area contributed by atoms with Gasteiger partial charge in [-0.1, -0.05) is 23.7 Å². The van der Waals surface area contributed by atoms with Gasteiger partial charge in [-0.05, 0) is 31.0 Å². The van der Waals surface area contributed by atoms with E-state index in [2.05, 4.69) is 0 Å². The van der Waals surface area contributed by atoms with Crippen molar-refractivity contribution in [2.75, 3.05) is 6.54 Å². The van der Waals surface area contributed by atoms with Gasteiger partial charge in [0, 0.05) is 6.04 Å². The minimum Gasteiger partial charge on any atom is -0.330 e. The summed E-state index contributed by atoms with van der Waals surface area (Å²) in [5.74, 6) is 0. The Morgan fingerprint density at radius 3 is 2.47 bits per heavy atom. The highest BCUT2D eigenvalue weighted by molar-refractivity contribution is 6.32. The molecule has 0 saturated heterocycles. The number of benzene rings is 1. The average molecular weight is 267 g/mol. The zero-order valence-corrected chi connectivity index (χ0v) is 9.85. The number of hydrogen-bond donors (Lipinski definition) is 2. The molecule has 0 radical (unpaired) electrons. The highest BCUT2D eigenvalue weighted by Crippen LogP contribution is 2.38. The highest BCUT2D eigenvalue weighted by atomic mass is 35.5. The Morgan fingerprint density at radius 2 is 1.94 bits per heavy atom. The summed E-state index contributed by atoms with van der Waals surface area (Å²) in [6.45, 7) is 0.449. The van der Waals surface area contributed by atoms with Crippen molar-refractivity contribution in [1.29, 1.82) is 0 Å². The third kappa shape index (κ3) is 3.59. The van der Waals surface area contributed by atoms with Crippen molar-refractivity contribution in [2.45, 2.75) is 25.1 Å². The smallest absolute Gasteiger partial charge is 0.330 e. The van der Waals surface area contributed by atoms with Crippen LogP contribution < -0.4 is 11.5 Å². The molecule has 0 amide bonds. The van der Waals surface area contributed by atoms with Crippen LogP contribution in [-0.2, 0) is 6.18 Å². The molecule has 0 bridgehead atoms. The molecule has 1 aromatic carbocycles. The molecule has 1 rings (SSSR count). The van der Waals surface area contributed by atoms with Gasteiger partial charge in [0.2, 0.25) is 0 Å². The lowest BCUT2D eigenvalue weighted by atomic mass is 10.0. The summed E-state index contributed by atoms with van der Waals surface area (Å²) in [7, 11) is 0. The Bertz CT molecular complexity index is 379. The summed E-state index contributed by atoms with van der Waals surface area (Å²) in [5.41, 5.74) is 10.6. The lowest BCUT2D eigenvalue weighted by molar-refractivity contribution is -0.137. The van der Waals surface area contributed by atoms with Crippen molar-refractivity contribution in [3.05, 3.63) is 34.3 Å². The summed E-state index contributed by atoms with van der Waals surface area (Å²) in [6, 6.07) is 3.25. The zero-order valence-electron chi connectivity index (χ0n) is 9.10. The topological polar surface area (TPSA) is 52.0 Å². The maximum Gasteiger partial charge on any atom is 0.417 e. The molecular weight excluding hydrogens is 253 g/mol. The Kier molecular flexibility index (Phi) is 4.80. The summed E-state index contributed by atoms with van der Waals surface area (Å²) in [5, 5.41) is -0.315. The number of halogens is 4. The molecule has 1 atom stereocenters. The number of nitrogens with two attached hydrogens (primary N) is 2. The van der Waals surface area contributed by atoms with E-state index in [4.69, 9.17) is 23.1 Å². The van der Waals surface area contributed by atoms with E-state index in [-0.39, 0.29) is 5.02 Å². The fourth-order valence-electron chi connectivity index (χ4n) is 1.55. The van der Waals surface area contributed by atoms with E-state index in [0.717, 1.165) is 6.07 Å². The predicted octanol–water partition coefficient (Wildman–Crippen LogP) is 3.10. The second-order valence-electron chi connectivity index (χ2n) is 3.74. The van der Waals surface area contributed by atoms with Gasteiger partial charge in [-0.25, -0.2) is 0 Å². The average Bonchev–Trinajstić information content (AvgIpc) is 2.24. The summed E-state index contributed by atoms with van der Waals surface area (Å²) in [6.07, 6.45) is -3.30. The normalized spacial score (nSPS) is 13.8. The van der Waals surface area contributed by atoms with Crippen LogP contribution in [0, 0.1) is 0 Å². The molecule has 1 aromatic rings. The van der Waals surface area contributed by atoms with Gasteiger partial charge in [-0.3, -0.25) is 0 Å². The van der Waals surface area contributed by atoms with Crippen molar-refractivity contribution >= 4 is 11.6 Å². The Morgan fingerprint density at radius 1 is 1.29 bits per heavy atom. The minimum absolute atomic E-state index is 0.315. The Hall–Kier alpha value is -0.780. The van der Waals surface area contributed by atoms with Crippen LogP contribution in [0.3, 0.4) is 0 Å². The highest BCUT2D eigenvalue weighted by Gasteiger charge is 2.34. The largest absolute Gasteiger partial charge is 0.417 e. The SMILES string of the molecule is NCCC[C@H](N)c1cccc(C(F)(F)F)c1Cl. The fourth-order valence-corrected chi connectivity index (χ4v) is 1.92. The van der Waals surface area contributed by atoms with Crippen molar-refractivity contribution in [3.8, 4) is 0 Å². The molecule has 0 aliphatic rings. The predicted molar refractivity (Wildman–Crippen MR) is 61.7 cm³/mol. The van der Waals surface area contributed by atoms with Crippen LogP contribution in [0.25, 0.3) is 0 Å². The molecule has 0 heterocycles. The number of hydrogen-bond acceptors (Lipinski definition) is 2. The molecule has 4 N–H and O–H groups in total. The molecule has 6 heteroatoms. The third-order valence-corrected chi connectivity index (χ3v) is 2.87. The van der Waals surface area contributed by atoms with Gasteiger partial charge in [-0.2, -0.15) is 13.2 Å². The van der Waals surface area contributed by atoms with E-state index in [9.17, 15) is 13.2 Å². The monoisotopic (exact) mass is 266 g/mol. The van der Waals surface area contributed by atoms with Gasteiger partial charge in [0.05, 0.1) is 10.6 Å². The van der Waals surface area contributed by atoms with Gasteiger partial charge in [0.15, 0.2) is 0 Å². The second kappa shape index (κ2) is 5.71. The summed E-state index contributed by atoms with van der Waals surface area (Å²) < 4.78 is 37.8. The van der Waals surface area contributed by atoms with E-state index in [0.29, 0.717) is 24.9 Å². The van der Waals surface area contributed by atoms with E-state index < -0.39 is 17.8 Å². The zero-order chi connectivity index (χ0) is 13.1. The van der Waals surface area contributed by atoms with Gasteiger partial charge in [0.1, 0.15) is 0 Å². The molecule has 0 saturated carbocycles. The number of alkyl halides is 3. The number of rotatable bonds is 4. The first-order chi connectivity index (χ1) is 7.88. The first-order valence-electron chi connectivity index (χ1n) is 5.19. The van der Waals surface area contributed by atoms with Crippen molar-refractivity contribution in [3.63, 3.8) is 0 Å². The third-order valence-electron chi connectivity index (χ3n) is 2.45. The standard InChI is InChI=1S/C11H14ClF3N2/c12-10-7(9(17)5-2-6-16)3-1-4-8(10)11(13,14)15/h1,3-4,9H,2,5-6,16-17H2/t9-/m0/s1. The molecule has 0 aliphatic heterocycles. The van der Waals surface area contributed by atoms with Crippen LogP contribution >= 0.6 is 11.6 Å². The molecule has 0 fully saturated rings. The molecule has 0 spiro atoms. The lowest BCUT2D eigenvalue weighted by Crippen LogP contribution is -2.15. The summed E-state index contributed by atoms with van der Waals surface area (Å²) >= 11 is 5.74. The van der Waals surface area contributed by atoms with Crippen LogP contribution in [0.4, 0.5) is 13.2 Å². The van der Waals surface area contributed by atoms with Crippen molar-refractivity contribution in [2.24, 2.45) is 11.5 Å². The first kappa shape index (κ1) is 14.3. The van der Waals surface area contributed by atoms with E-state index >= 15 is 0 Å². The molecule has 17 heavy (non-hydrogen) atoms. The molecule has 0 aromatic heterocycles. The first-order valence-corrected chi connectivity index (χ1v) is 5.57. The maximum absolute atomic E-state index is 12.6. The minimum atomic E-state index is -4.46. The summed E-state index contributed by atoms with van der Waals surface area (Å²) in [4.78, 5) is 0. The second-order valence-corrected chi connectivity index (χ2v) is 4.12. The Balaban J connectivity index is 3.02. The molecular formula is C11H14ClF3N2. The van der Waals surface area contributed by atoms with Gasteiger partial charge in [-0.15, -0.1) is 0 Å². The van der Waals surface area contributed by atoms with Crippen molar-refractivity contribution < 1.29 is 13.2 Å². The molecule has 2 nitrogen and oxygen atoms in total. The van der Waals surface area contributed by atoms with E-state index in [1.54, 1.807) is 0 Å². The molecule has 0 aliphatic carbocycles. The van der Waals surface area contributed by atoms with Gasteiger partial charge < -0.3 is 11.5 Å². The van der Waals surface area contributed by atoms with Crippen LogP contribution in [0.5, 0.6) is 0 Å². The molecule has 96 valence electrons. The lowest BCUT2D eigenvalue weighted by Gasteiger charge is -2.17. The van der Waals surface area contributed by atoms with Crippen LogP contribution in [0.15, 0.2) is 18.2 Å². The Labute approximate surface area is 103 Å². The van der Waals surface area contributed by atoms with Gasteiger partial charge in [0.25, 0.3) is 0 Å². The van der Waals surface area contributed by atoms with Crippen molar-refractivity contribution in [1.82, 2.24) is 0 Å². The van der Waals surface area contributed by atoms with Gasteiger partial charge >= 0.3 is 6.18 Å². The quantitative estimate of drug-likeness (QED) is 0.880. The van der Waals surface area contributed by atoms with Crippen LogP contribution in [0.2, 0.25) is 5.02 Å². The molecule has 0 unspecified atom stereocenters. The maximum atomic E-state index is 12.6. The van der Waals surface area contributed by atoms with Crippen LogP contribution in [0.1, 0.15) is 30.0 Å². The van der Waals surface area contributed by atoms with Crippen LogP contribution in [-0.4, -0.2) is 6.54 Å².